The van der Waals surface area contributed by atoms with Gasteiger partial charge in [0.15, 0.2) is 0 Å². The van der Waals surface area contributed by atoms with E-state index in [1.54, 1.807) is 16.7 Å². The number of rotatable bonds is 3. The Labute approximate surface area is 150 Å². The first-order chi connectivity index (χ1) is 11.1. The van der Waals surface area contributed by atoms with Gasteiger partial charge in [0.2, 0.25) is 0 Å². The van der Waals surface area contributed by atoms with Crippen molar-refractivity contribution >= 4 is 11.1 Å². The quantitative estimate of drug-likeness (QED) is 0.613. The zero-order chi connectivity index (χ0) is 16.0. The third kappa shape index (κ3) is 2.64. The van der Waals surface area contributed by atoms with Crippen LogP contribution in [-0.4, -0.2) is 0 Å². The molecular weight excluding hydrogens is 355 g/mol. The van der Waals surface area contributed by atoms with Gasteiger partial charge in [-0.2, -0.15) is 0 Å². The summed E-state index contributed by atoms with van der Waals surface area (Å²) in [6.07, 6.45) is 5.15. The van der Waals surface area contributed by atoms with Crippen LogP contribution in [-0.2, 0) is 23.2 Å². The van der Waals surface area contributed by atoms with Crippen molar-refractivity contribution in [3.05, 3.63) is 82.9 Å². The van der Waals surface area contributed by atoms with Gasteiger partial charge in [0.05, 0.1) is 0 Å². The van der Waals surface area contributed by atoms with Gasteiger partial charge >= 0.3 is 151 Å². The Morgan fingerprint density at radius 1 is 0.783 bits per heavy atom. The average Bonchev–Trinajstić information content (AvgIpc) is 3.08. The number of hydrogen-bond acceptors (Lipinski definition) is 0. The second-order valence-corrected chi connectivity index (χ2v) is 10.8. The minimum absolute atomic E-state index is 0.619. The molecule has 23 heavy (non-hydrogen) atoms. The van der Waals surface area contributed by atoms with Gasteiger partial charge in [0, 0.05) is 0 Å². The topological polar surface area (TPSA) is 0 Å². The molecule has 2 atom stereocenters. The molecule has 0 nitrogen and oxygen atoms in total. The first-order valence-electron chi connectivity index (χ1n) is 8.50. The predicted molar refractivity (Wildman–Crippen MR) is 94.8 cm³/mol. The molecule has 0 aromatic heterocycles. The average molecular weight is 378 g/mol. The normalized spacial score (nSPS) is 21.7. The molecule has 0 fully saturated rings. The molecule has 0 aliphatic heterocycles. The standard InChI is InChI=1S/C12H13.C10H9.Zr/c1-9(2)11-8-7-10-5-3-4-6-12(10)11;1-8-6-7-9-4-2-3-5-10(8)9;/h3-9H,1-2H3;2-7H,1H3;. The first kappa shape index (κ1) is 15.3. The summed E-state index contributed by atoms with van der Waals surface area (Å²) in [7, 11) is 0. The van der Waals surface area contributed by atoms with Crippen molar-refractivity contribution in [2.75, 3.05) is 0 Å². The Morgan fingerprint density at radius 3 is 2.04 bits per heavy atom. The van der Waals surface area contributed by atoms with Crippen molar-refractivity contribution in [2.24, 2.45) is 5.92 Å². The third-order valence-corrected chi connectivity index (χ3v) is 9.19. The molecule has 2 aromatic carbocycles. The summed E-state index contributed by atoms with van der Waals surface area (Å²) >= 11 is -0.634. The van der Waals surface area contributed by atoms with E-state index in [1.165, 1.54) is 16.7 Å². The molecule has 4 rings (SSSR count). The Balaban J connectivity index is 1.69. The van der Waals surface area contributed by atoms with Crippen molar-refractivity contribution in [2.45, 2.75) is 28.0 Å². The van der Waals surface area contributed by atoms with Crippen molar-refractivity contribution < 1.29 is 23.2 Å². The molecule has 2 unspecified atom stereocenters. The fourth-order valence-electron chi connectivity index (χ4n) is 3.92. The van der Waals surface area contributed by atoms with Crippen LogP contribution in [0.5, 0.6) is 0 Å². The summed E-state index contributed by atoms with van der Waals surface area (Å²) < 4.78 is 1.43. The van der Waals surface area contributed by atoms with Crippen LogP contribution in [0.25, 0.3) is 11.1 Å². The molecule has 1 heteroatoms. The monoisotopic (exact) mass is 376 g/mol. The van der Waals surface area contributed by atoms with Crippen LogP contribution in [0.2, 0.25) is 0 Å². The fourth-order valence-corrected chi connectivity index (χ4v) is 8.52. The molecule has 0 bridgehead atoms. The van der Waals surface area contributed by atoms with Crippen molar-refractivity contribution in [3.63, 3.8) is 0 Å². The Morgan fingerprint density at radius 2 is 1.35 bits per heavy atom. The van der Waals surface area contributed by atoms with E-state index in [-0.39, 0.29) is 0 Å². The van der Waals surface area contributed by atoms with Crippen LogP contribution in [0.15, 0.2) is 60.7 Å². The van der Waals surface area contributed by atoms with Gasteiger partial charge in [-0.05, 0) is 0 Å². The van der Waals surface area contributed by atoms with E-state index in [1.807, 2.05) is 0 Å². The van der Waals surface area contributed by atoms with Crippen LogP contribution >= 0.6 is 0 Å². The minimum atomic E-state index is -0.634. The third-order valence-electron chi connectivity index (χ3n) is 5.07. The second-order valence-electron chi connectivity index (χ2n) is 6.92. The van der Waals surface area contributed by atoms with E-state index >= 15 is 0 Å². The molecular formula is C22H22Zr. The fraction of sp³-hybridized carbons (Fsp3) is 0.273. The first-order valence-corrected chi connectivity index (χ1v) is 11.3. The summed E-state index contributed by atoms with van der Waals surface area (Å²) in [5, 5.41) is 0. The second kappa shape index (κ2) is 6.02. The van der Waals surface area contributed by atoms with E-state index < -0.39 is 23.2 Å². The Hall–Kier alpha value is -1.20. The molecule has 114 valence electrons. The van der Waals surface area contributed by atoms with E-state index in [0.29, 0.717) is 9.54 Å². The van der Waals surface area contributed by atoms with Crippen molar-refractivity contribution in [3.8, 4) is 0 Å². The summed E-state index contributed by atoms with van der Waals surface area (Å²) in [6, 6.07) is 18.1. The van der Waals surface area contributed by atoms with E-state index in [9.17, 15) is 0 Å². The van der Waals surface area contributed by atoms with Gasteiger partial charge in [-0.15, -0.1) is 0 Å². The zero-order valence-electron chi connectivity index (χ0n) is 14.0. The Kier molecular flexibility index (Phi) is 4.02. The summed E-state index contributed by atoms with van der Waals surface area (Å²) in [6.45, 7) is 6.92. The molecule has 0 saturated heterocycles. The Bertz CT molecular complexity index is 810. The van der Waals surface area contributed by atoms with E-state index in [0.717, 1.165) is 3.63 Å². The van der Waals surface area contributed by atoms with Crippen LogP contribution in [0.1, 0.15) is 50.3 Å². The van der Waals surface area contributed by atoms with Gasteiger partial charge < -0.3 is 0 Å². The van der Waals surface area contributed by atoms with Crippen LogP contribution < -0.4 is 0 Å². The van der Waals surface area contributed by atoms with E-state index in [2.05, 4.69) is 81.5 Å². The van der Waals surface area contributed by atoms with Gasteiger partial charge in [0.25, 0.3) is 0 Å². The molecule has 0 spiro atoms. The van der Waals surface area contributed by atoms with E-state index in [4.69, 9.17) is 0 Å². The molecule has 0 heterocycles. The van der Waals surface area contributed by atoms with Crippen LogP contribution in [0.4, 0.5) is 0 Å². The predicted octanol–water partition coefficient (Wildman–Crippen LogP) is 6.02. The molecule has 2 aromatic rings. The van der Waals surface area contributed by atoms with Gasteiger partial charge in [-0.3, -0.25) is 0 Å². The van der Waals surface area contributed by atoms with Crippen molar-refractivity contribution in [1.29, 1.82) is 0 Å². The summed E-state index contributed by atoms with van der Waals surface area (Å²) in [5.41, 5.74) is 9.22. The molecule has 2 aliphatic rings. The number of benzene rings is 2. The SMILES string of the molecule is CC1=C[CH]([Zr][CH]2C=C(C(C)C)c3ccccc32)c2ccccc21. The molecule has 2 aliphatic carbocycles. The van der Waals surface area contributed by atoms with Gasteiger partial charge in [-0.25, -0.2) is 0 Å². The summed E-state index contributed by atoms with van der Waals surface area (Å²) in [5.74, 6) is 0.619. The zero-order valence-corrected chi connectivity index (χ0v) is 16.5. The summed E-state index contributed by atoms with van der Waals surface area (Å²) in [4.78, 5) is 0. The molecule has 0 radical (unpaired) electrons. The molecule has 0 amide bonds. The molecule has 0 saturated carbocycles. The number of allylic oxidation sites excluding steroid dienone is 4. The van der Waals surface area contributed by atoms with Gasteiger partial charge in [0.1, 0.15) is 0 Å². The van der Waals surface area contributed by atoms with Crippen LogP contribution in [0.3, 0.4) is 0 Å². The van der Waals surface area contributed by atoms with Gasteiger partial charge in [-0.1, -0.05) is 0 Å². The van der Waals surface area contributed by atoms with Crippen molar-refractivity contribution in [1.82, 2.24) is 0 Å². The number of hydrogen-bond donors (Lipinski definition) is 0. The molecule has 0 N–H and O–H groups in total. The number of fused-ring (bicyclic) bond motifs is 2. The van der Waals surface area contributed by atoms with Crippen LogP contribution in [0, 0.1) is 5.92 Å². The maximum atomic E-state index is 2.60. The maximum absolute atomic E-state index is 2.60.